The number of hydrogen-bond donors (Lipinski definition) is 1. The van der Waals surface area contributed by atoms with E-state index in [9.17, 15) is 0 Å². The Hall–Kier alpha value is -1.78. The number of pyridine rings is 1. The average molecular weight is 220 g/mol. The van der Waals surface area contributed by atoms with Crippen molar-refractivity contribution in [3.63, 3.8) is 0 Å². The van der Waals surface area contributed by atoms with Gasteiger partial charge in [0.2, 0.25) is 5.88 Å². The van der Waals surface area contributed by atoms with Crippen LogP contribution in [-0.4, -0.2) is 42.1 Å². The van der Waals surface area contributed by atoms with E-state index in [1.807, 2.05) is 23.1 Å². The molecule has 0 radical (unpaired) electrons. The van der Waals surface area contributed by atoms with Gasteiger partial charge in [-0.3, -0.25) is 4.99 Å². The summed E-state index contributed by atoms with van der Waals surface area (Å²) in [6, 6.07) is 5.65. The molecule has 1 aliphatic rings. The van der Waals surface area contributed by atoms with E-state index in [0.29, 0.717) is 11.8 Å². The molecule has 5 nitrogen and oxygen atoms in total. The highest BCUT2D eigenvalue weighted by Gasteiger charge is 2.25. The number of nitrogens with two attached hydrogens (primary N) is 1. The van der Waals surface area contributed by atoms with Crippen LogP contribution in [-0.2, 0) is 0 Å². The molecule has 1 unspecified atom stereocenters. The lowest BCUT2D eigenvalue weighted by Crippen LogP contribution is -2.36. The molecule has 16 heavy (non-hydrogen) atoms. The van der Waals surface area contributed by atoms with Crippen LogP contribution in [0.4, 0.5) is 0 Å². The zero-order valence-electron chi connectivity index (χ0n) is 9.34. The largest absolute Gasteiger partial charge is 0.472 e. The number of ether oxygens (including phenoxy) is 1. The Morgan fingerprint density at radius 2 is 2.50 bits per heavy atom. The van der Waals surface area contributed by atoms with Gasteiger partial charge in [0.25, 0.3) is 0 Å². The minimum atomic E-state index is 0.148. The van der Waals surface area contributed by atoms with Gasteiger partial charge in [0.1, 0.15) is 6.10 Å². The molecule has 0 saturated carbocycles. The van der Waals surface area contributed by atoms with Gasteiger partial charge in [-0.15, -0.1) is 0 Å². The Labute approximate surface area is 94.9 Å². The lowest BCUT2D eigenvalue weighted by molar-refractivity contribution is 0.206. The number of aromatic nitrogens is 1. The van der Waals surface area contributed by atoms with E-state index in [1.54, 1.807) is 13.2 Å². The SMILES string of the molecule is CN=C(N)N1CCC(Oc2ccccn2)C1. The monoisotopic (exact) mass is 220 g/mol. The van der Waals surface area contributed by atoms with Gasteiger partial charge >= 0.3 is 0 Å². The third-order valence-corrected chi connectivity index (χ3v) is 2.62. The van der Waals surface area contributed by atoms with Gasteiger partial charge in [0, 0.05) is 32.3 Å². The summed E-state index contributed by atoms with van der Waals surface area (Å²) in [4.78, 5) is 10.1. The van der Waals surface area contributed by atoms with Crippen LogP contribution in [0, 0.1) is 0 Å². The first kappa shape index (κ1) is 10.7. The summed E-state index contributed by atoms with van der Waals surface area (Å²) in [5.74, 6) is 1.24. The first-order valence-corrected chi connectivity index (χ1v) is 5.34. The highest BCUT2D eigenvalue weighted by Crippen LogP contribution is 2.15. The van der Waals surface area contributed by atoms with Gasteiger partial charge in [-0.05, 0) is 6.07 Å². The fourth-order valence-corrected chi connectivity index (χ4v) is 1.76. The summed E-state index contributed by atoms with van der Waals surface area (Å²) in [7, 11) is 1.70. The van der Waals surface area contributed by atoms with Crippen molar-refractivity contribution in [1.29, 1.82) is 0 Å². The van der Waals surface area contributed by atoms with Gasteiger partial charge in [-0.1, -0.05) is 6.07 Å². The predicted octanol–water partition coefficient (Wildman–Crippen LogP) is 0.479. The maximum Gasteiger partial charge on any atom is 0.213 e. The van der Waals surface area contributed by atoms with E-state index in [4.69, 9.17) is 10.5 Å². The van der Waals surface area contributed by atoms with Crippen molar-refractivity contribution >= 4 is 5.96 Å². The zero-order valence-corrected chi connectivity index (χ0v) is 9.34. The first-order valence-electron chi connectivity index (χ1n) is 5.34. The second-order valence-corrected chi connectivity index (χ2v) is 3.72. The van der Waals surface area contributed by atoms with Crippen LogP contribution in [0.5, 0.6) is 5.88 Å². The topological polar surface area (TPSA) is 63.7 Å². The number of rotatable bonds is 2. The van der Waals surface area contributed by atoms with Crippen LogP contribution in [0.2, 0.25) is 0 Å². The van der Waals surface area contributed by atoms with Gasteiger partial charge in [0.15, 0.2) is 5.96 Å². The molecule has 0 amide bonds. The molecule has 0 spiro atoms. The Morgan fingerprint density at radius 1 is 1.62 bits per heavy atom. The lowest BCUT2D eigenvalue weighted by Gasteiger charge is -2.16. The average Bonchev–Trinajstić information content (AvgIpc) is 2.78. The summed E-state index contributed by atoms with van der Waals surface area (Å²) >= 11 is 0. The number of hydrogen-bond acceptors (Lipinski definition) is 3. The fraction of sp³-hybridized carbons (Fsp3) is 0.455. The summed E-state index contributed by atoms with van der Waals surface area (Å²) in [5.41, 5.74) is 5.74. The minimum Gasteiger partial charge on any atom is -0.472 e. The number of guanidine groups is 1. The Kier molecular flexibility index (Phi) is 3.24. The number of likely N-dealkylation sites (tertiary alicyclic amines) is 1. The summed E-state index contributed by atoms with van der Waals surface area (Å²) in [6.07, 6.45) is 2.83. The minimum absolute atomic E-state index is 0.148. The normalized spacial score (nSPS) is 21.2. The van der Waals surface area contributed by atoms with Crippen molar-refractivity contribution in [1.82, 2.24) is 9.88 Å². The molecule has 0 aliphatic carbocycles. The Balaban J connectivity index is 1.90. The molecule has 1 aliphatic heterocycles. The summed E-state index contributed by atoms with van der Waals surface area (Å²) < 4.78 is 5.74. The molecule has 86 valence electrons. The molecule has 2 heterocycles. The molecule has 1 saturated heterocycles. The van der Waals surface area contributed by atoms with E-state index in [-0.39, 0.29) is 6.10 Å². The van der Waals surface area contributed by atoms with Gasteiger partial charge in [0.05, 0.1) is 6.54 Å². The maximum atomic E-state index is 5.74. The third kappa shape index (κ3) is 2.42. The molecule has 0 aromatic carbocycles. The lowest BCUT2D eigenvalue weighted by atomic mass is 10.3. The van der Waals surface area contributed by atoms with E-state index < -0.39 is 0 Å². The molecule has 1 fully saturated rings. The predicted molar refractivity (Wildman–Crippen MR) is 62.4 cm³/mol. The second-order valence-electron chi connectivity index (χ2n) is 3.72. The summed E-state index contributed by atoms with van der Waals surface area (Å²) in [5, 5.41) is 0. The smallest absolute Gasteiger partial charge is 0.213 e. The standard InChI is InChI=1S/C11H16N4O/c1-13-11(12)15-7-5-9(8-15)16-10-4-2-3-6-14-10/h2-4,6,9H,5,7-8H2,1H3,(H2,12,13). The van der Waals surface area contributed by atoms with E-state index in [2.05, 4.69) is 9.98 Å². The van der Waals surface area contributed by atoms with Crippen LogP contribution in [0.3, 0.4) is 0 Å². The fourth-order valence-electron chi connectivity index (χ4n) is 1.76. The molecule has 1 atom stereocenters. The molecule has 2 rings (SSSR count). The maximum absolute atomic E-state index is 5.74. The molecular formula is C11H16N4O. The van der Waals surface area contributed by atoms with Gasteiger partial charge in [-0.25, -0.2) is 4.98 Å². The number of aliphatic imine (C=N–C) groups is 1. The van der Waals surface area contributed by atoms with Crippen molar-refractivity contribution in [2.24, 2.45) is 10.7 Å². The Morgan fingerprint density at radius 3 is 3.19 bits per heavy atom. The second kappa shape index (κ2) is 4.83. The molecule has 1 aromatic rings. The zero-order chi connectivity index (χ0) is 11.4. The van der Waals surface area contributed by atoms with Gasteiger partial charge < -0.3 is 15.4 Å². The van der Waals surface area contributed by atoms with Crippen molar-refractivity contribution in [3.05, 3.63) is 24.4 Å². The molecular weight excluding hydrogens is 204 g/mol. The van der Waals surface area contributed by atoms with Crippen LogP contribution < -0.4 is 10.5 Å². The molecule has 1 aromatic heterocycles. The highest BCUT2D eigenvalue weighted by atomic mass is 16.5. The Bertz CT molecular complexity index is 366. The third-order valence-electron chi connectivity index (χ3n) is 2.62. The van der Waals surface area contributed by atoms with Crippen LogP contribution in [0.1, 0.15) is 6.42 Å². The van der Waals surface area contributed by atoms with Crippen LogP contribution in [0.25, 0.3) is 0 Å². The van der Waals surface area contributed by atoms with Crippen molar-refractivity contribution < 1.29 is 4.74 Å². The molecule has 0 bridgehead atoms. The van der Waals surface area contributed by atoms with Crippen molar-refractivity contribution in [2.45, 2.75) is 12.5 Å². The highest BCUT2D eigenvalue weighted by molar-refractivity contribution is 5.78. The summed E-state index contributed by atoms with van der Waals surface area (Å²) in [6.45, 7) is 1.67. The van der Waals surface area contributed by atoms with E-state index in [0.717, 1.165) is 19.5 Å². The van der Waals surface area contributed by atoms with Gasteiger partial charge in [-0.2, -0.15) is 0 Å². The van der Waals surface area contributed by atoms with E-state index in [1.165, 1.54) is 0 Å². The van der Waals surface area contributed by atoms with E-state index >= 15 is 0 Å². The van der Waals surface area contributed by atoms with Crippen molar-refractivity contribution in [2.75, 3.05) is 20.1 Å². The van der Waals surface area contributed by atoms with Crippen LogP contribution >= 0.6 is 0 Å². The first-order chi connectivity index (χ1) is 7.79. The van der Waals surface area contributed by atoms with Crippen molar-refractivity contribution in [3.8, 4) is 5.88 Å². The number of nitrogens with zero attached hydrogens (tertiary/aromatic N) is 3. The quantitative estimate of drug-likeness (QED) is 0.581. The molecule has 2 N–H and O–H groups in total. The molecule has 5 heteroatoms. The van der Waals surface area contributed by atoms with Crippen LogP contribution in [0.15, 0.2) is 29.4 Å².